The lowest BCUT2D eigenvalue weighted by molar-refractivity contribution is 0.814. The van der Waals surface area contributed by atoms with Crippen LogP contribution < -0.4 is 5.32 Å². The Morgan fingerprint density at radius 1 is 0.857 bits per heavy atom. The van der Waals surface area contributed by atoms with Crippen molar-refractivity contribution in [2.75, 3.05) is 5.32 Å². The molecule has 0 aliphatic carbocycles. The van der Waals surface area contributed by atoms with Gasteiger partial charge in [-0.25, -0.2) is 0 Å². The van der Waals surface area contributed by atoms with Gasteiger partial charge in [0.1, 0.15) is 0 Å². The second-order valence-corrected chi connectivity index (χ2v) is 4.99. The summed E-state index contributed by atoms with van der Waals surface area (Å²) in [6.45, 7) is 0. The van der Waals surface area contributed by atoms with E-state index < -0.39 is 0 Å². The van der Waals surface area contributed by atoms with Crippen molar-refractivity contribution in [2.24, 2.45) is 0 Å². The molecule has 3 aromatic carbocycles. The van der Waals surface area contributed by atoms with Crippen LogP contribution in [0.25, 0.3) is 10.8 Å². The number of hydrogen-bond donors (Lipinski definition) is 1. The number of benzene rings is 3. The van der Waals surface area contributed by atoms with E-state index in [9.17, 15) is 0 Å². The fraction of sp³-hybridized carbons (Fsp3) is 0.105. The first kappa shape index (κ1) is 13.2. The summed E-state index contributed by atoms with van der Waals surface area (Å²) in [5.41, 5.74) is 2.20. The first-order chi connectivity index (χ1) is 10.4. The molecular weight excluding hydrogens is 256 g/mol. The molecule has 1 atom stereocenters. The third-order valence-electron chi connectivity index (χ3n) is 3.61. The summed E-state index contributed by atoms with van der Waals surface area (Å²) < 4.78 is 0. The van der Waals surface area contributed by atoms with Crippen LogP contribution in [0, 0.1) is 11.3 Å². The Labute approximate surface area is 124 Å². The highest BCUT2D eigenvalue weighted by Gasteiger charge is 2.13. The molecule has 102 valence electrons. The van der Waals surface area contributed by atoms with Crippen molar-refractivity contribution >= 4 is 16.5 Å². The molecule has 1 N–H and O–H groups in total. The van der Waals surface area contributed by atoms with Gasteiger partial charge in [0.25, 0.3) is 0 Å². The van der Waals surface area contributed by atoms with E-state index in [-0.39, 0.29) is 6.04 Å². The molecular formula is C19H16N2. The number of fused-ring (bicyclic) bond motifs is 1. The summed E-state index contributed by atoms with van der Waals surface area (Å²) in [5, 5.41) is 15.0. The van der Waals surface area contributed by atoms with E-state index in [0.29, 0.717) is 6.42 Å². The van der Waals surface area contributed by atoms with E-state index in [1.165, 1.54) is 16.3 Å². The molecule has 0 aliphatic rings. The summed E-state index contributed by atoms with van der Waals surface area (Å²) in [7, 11) is 0. The maximum Gasteiger partial charge on any atom is 0.0649 e. The Hall–Kier alpha value is -2.79. The average Bonchev–Trinajstić information content (AvgIpc) is 2.55. The number of nitrogens with one attached hydrogen (secondary N) is 1. The van der Waals surface area contributed by atoms with Crippen LogP contribution in [0.15, 0.2) is 72.8 Å². The van der Waals surface area contributed by atoms with E-state index in [1.807, 2.05) is 42.5 Å². The molecule has 2 nitrogen and oxygen atoms in total. The van der Waals surface area contributed by atoms with Crippen molar-refractivity contribution in [2.45, 2.75) is 12.5 Å². The minimum Gasteiger partial charge on any atom is -0.377 e. The van der Waals surface area contributed by atoms with Gasteiger partial charge in [-0.05, 0) is 28.5 Å². The highest BCUT2D eigenvalue weighted by molar-refractivity contribution is 5.86. The third-order valence-corrected chi connectivity index (χ3v) is 3.61. The highest BCUT2D eigenvalue weighted by atomic mass is 14.9. The number of hydrogen-bond acceptors (Lipinski definition) is 2. The van der Waals surface area contributed by atoms with Gasteiger partial charge in [-0.1, -0.05) is 60.7 Å². The van der Waals surface area contributed by atoms with Gasteiger partial charge in [-0.2, -0.15) is 5.26 Å². The second-order valence-electron chi connectivity index (χ2n) is 4.99. The minimum absolute atomic E-state index is 0.0106. The van der Waals surface area contributed by atoms with Gasteiger partial charge >= 0.3 is 0 Å². The lowest BCUT2D eigenvalue weighted by atomic mass is 9.97. The monoisotopic (exact) mass is 272 g/mol. The van der Waals surface area contributed by atoms with Gasteiger partial charge in [0, 0.05) is 5.69 Å². The molecule has 0 saturated carbocycles. The molecule has 2 heteroatoms. The van der Waals surface area contributed by atoms with Crippen molar-refractivity contribution in [1.29, 1.82) is 5.26 Å². The van der Waals surface area contributed by atoms with Crippen molar-refractivity contribution in [3.05, 3.63) is 78.4 Å². The van der Waals surface area contributed by atoms with Crippen LogP contribution in [0.4, 0.5) is 5.69 Å². The number of anilines is 1. The Kier molecular flexibility index (Phi) is 3.84. The zero-order valence-corrected chi connectivity index (χ0v) is 11.7. The normalized spacial score (nSPS) is 11.8. The van der Waals surface area contributed by atoms with Crippen molar-refractivity contribution < 1.29 is 0 Å². The minimum atomic E-state index is -0.0106. The summed E-state index contributed by atoms with van der Waals surface area (Å²) in [6.07, 6.45) is 0.433. The van der Waals surface area contributed by atoms with Crippen LogP contribution in [-0.2, 0) is 0 Å². The van der Waals surface area contributed by atoms with E-state index in [4.69, 9.17) is 5.26 Å². The van der Waals surface area contributed by atoms with Gasteiger partial charge in [-0.3, -0.25) is 0 Å². The van der Waals surface area contributed by atoms with Gasteiger partial charge in [0.05, 0.1) is 18.5 Å². The Balaban J connectivity index is 2.02. The topological polar surface area (TPSA) is 35.8 Å². The van der Waals surface area contributed by atoms with Gasteiger partial charge in [0.2, 0.25) is 0 Å². The number of nitriles is 1. The van der Waals surface area contributed by atoms with Crippen LogP contribution in [0.1, 0.15) is 18.0 Å². The zero-order valence-electron chi connectivity index (χ0n) is 11.7. The number of para-hydroxylation sites is 1. The molecule has 3 aromatic rings. The van der Waals surface area contributed by atoms with E-state index in [0.717, 1.165) is 5.69 Å². The lowest BCUT2D eigenvalue weighted by Crippen LogP contribution is -2.10. The molecule has 0 spiro atoms. The first-order valence-electron chi connectivity index (χ1n) is 7.04. The van der Waals surface area contributed by atoms with Crippen LogP contribution in [-0.4, -0.2) is 0 Å². The Morgan fingerprint density at radius 3 is 2.38 bits per heavy atom. The smallest absolute Gasteiger partial charge is 0.0649 e. The second kappa shape index (κ2) is 6.11. The number of nitrogens with zero attached hydrogens (tertiary/aromatic N) is 1. The molecule has 0 aromatic heterocycles. The van der Waals surface area contributed by atoms with E-state index in [1.54, 1.807) is 0 Å². The fourth-order valence-corrected chi connectivity index (χ4v) is 2.62. The fourth-order valence-electron chi connectivity index (χ4n) is 2.62. The van der Waals surface area contributed by atoms with Gasteiger partial charge < -0.3 is 5.32 Å². The Morgan fingerprint density at radius 2 is 1.57 bits per heavy atom. The molecule has 0 amide bonds. The van der Waals surface area contributed by atoms with E-state index >= 15 is 0 Å². The molecule has 0 radical (unpaired) electrons. The highest BCUT2D eigenvalue weighted by Crippen LogP contribution is 2.28. The molecule has 21 heavy (non-hydrogen) atoms. The van der Waals surface area contributed by atoms with Crippen LogP contribution in [0.5, 0.6) is 0 Å². The molecule has 0 bridgehead atoms. The summed E-state index contributed by atoms with van der Waals surface area (Å²) >= 11 is 0. The molecule has 3 rings (SSSR count). The van der Waals surface area contributed by atoms with Crippen molar-refractivity contribution in [3.63, 3.8) is 0 Å². The summed E-state index contributed by atoms with van der Waals surface area (Å²) in [4.78, 5) is 0. The van der Waals surface area contributed by atoms with Crippen LogP contribution >= 0.6 is 0 Å². The summed E-state index contributed by atoms with van der Waals surface area (Å²) in [6, 6.07) is 26.8. The molecule has 0 aliphatic heterocycles. The molecule has 0 heterocycles. The maximum atomic E-state index is 9.16. The lowest BCUT2D eigenvalue weighted by Gasteiger charge is -2.19. The zero-order chi connectivity index (χ0) is 14.5. The van der Waals surface area contributed by atoms with Crippen LogP contribution in [0.2, 0.25) is 0 Å². The van der Waals surface area contributed by atoms with Gasteiger partial charge in [-0.15, -0.1) is 0 Å². The standard InChI is InChI=1S/C19H16N2/c20-14-13-19(21-16-9-2-1-3-10-16)18-12-6-8-15-7-4-5-11-17(15)18/h1-12,19,21H,13H2. The van der Waals surface area contributed by atoms with Crippen molar-refractivity contribution in [3.8, 4) is 6.07 Å². The van der Waals surface area contributed by atoms with E-state index in [2.05, 4.69) is 41.7 Å². The predicted molar refractivity (Wildman–Crippen MR) is 87.0 cm³/mol. The molecule has 0 fully saturated rings. The van der Waals surface area contributed by atoms with Crippen LogP contribution in [0.3, 0.4) is 0 Å². The largest absolute Gasteiger partial charge is 0.377 e. The van der Waals surface area contributed by atoms with Crippen molar-refractivity contribution in [1.82, 2.24) is 0 Å². The quantitative estimate of drug-likeness (QED) is 0.732. The maximum absolute atomic E-state index is 9.16. The SMILES string of the molecule is N#CCC(Nc1ccccc1)c1cccc2ccccc12. The van der Waals surface area contributed by atoms with Gasteiger partial charge in [0.15, 0.2) is 0 Å². The summed E-state index contributed by atoms with van der Waals surface area (Å²) in [5.74, 6) is 0. The number of rotatable bonds is 4. The first-order valence-corrected chi connectivity index (χ1v) is 7.04. The molecule has 1 unspecified atom stereocenters. The Bertz CT molecular complexity index is 767. The molecule has 0 saturated heterocycles. The third kappa shape index (κ3) is 2.88. The average molecular weight is 272 g/mol. The predicted octanol–water partition coefficient (Wildman–Crippen LogP) is 4.91.